The van der Waals surface area contributed by atoms with Crippen molar-refractivity contribution >= 4 is 40.7 Å². The van der Waals surface area contributed by atoms with Gasteiger partial charge in [-0.1, -0.05) is 6.07 Å². The fourth-order valence-electron chi connectivity index (χ4n) is 4.90. The fraction of sp³-hybridized carbons (Fsp3) is 0.423. The Bertz CT molecular complexity index is 1290. The third-order valence-corrected chi connectivity index (χ3v) is 8.06. The van der Waals surface area contributed by atoms with E-state index in [9.17, 15) is 14.4 Å². The molecule has 38 heavy (non-hydrogen) atoms. The molecule has 5 rings (SSSR count). The molecule has 200 valence electrons. The highest BCUT2D eigenvalue weighted by Gasteiger charge is 2.30. The van der Waals surface area contributed by atoms with Gasteiger partial charge in [-0.2, -0.15) is 0 Å². The van der Waals surface area contributed by atoms with Gasteiger partial charge in [-0.05, 0) is 31.0 Å². The second-order valence-corrected chi connectivity index (χ2v) is 10.3. The van der Waals surface area contributed by atoms with Gasteiger partial charge >= 0.3 is 12.0 Å². The van der Waals surface area contributed by atoms with Gasteiger partial charge in [-0.25, -0.2) is 19.6 Å². The number of carbonyl (C=O) groups excluding carboxylic acids is 3. The summed E-state index contributed by atoms with van der Waals surface area (Å²) in [5.74, 6) is 0.369. The van der Waals surface area contributed by atoms with E-state index in [2.05, 4.69) is 20.2 Å². The molecule has 3 aromatic rings. The number of urea groups is 1. The molecule has 0 atom stereocenters. The lowest BCUT2D eigenvalue weighted by Crippen LogP contribution is -2.54. The summed E-state index contributed by atoms with van der Waals surface area (Å²) in [4.78, 5) is 52.7. The molecule has 12 heteroatoms. The number of anilines is 2. The first-order valence-corrected chi connectivity index (χ1v) is 13.5. The molecule has 0 aromatic carbocycles. The van der Waals surface area contributed by atoms with Crippen LogP contribution in [0.2, 0.25) is 0 Å². The minimum atomic E-state index is -0.472. The quantitative estimate of drug-likeness (QED) is 0.498. The molecule has 0 radical (unpaired) electrons. The molecule has 2 saturated heterocycles. The van der Waals surface area contributed by atoms with E-state index in [1.807, 2.05) is 28.0 Å². The number of thiazole rings is 1. The van der Waals surface area contributed by atoms with Crippen LogP contribution < -0.4 is 10.2 Å². The number of nitrogens with one attached hydrogen (secondary N) is 1. The molecule has 0 spiro atoms. The van der Waals surface area contributed by atoms with Gasteiger partial charge in [0.25, 0.3) is 5.91 Å². The first kappa shape index (κ1) is 25.7. The van der Waals surface area contributed by atoms with Crippen LogP contribution in [0.3, 0.4) is 0 Å². The summed E-state index contributed by atoms with van der Waals surface area (Å²) < 4.78 is 6.35. The normalized spacial score (nSPS) is 16.4. The smallest absolute Gasteiger partial charge is 0.354 e. The highest BCUT2D eigenvalue weighted by Crippen LogP contribution is 2.31. The number of carbonyl (C=O) groups is 3. The van der Waals surface area contributed by atoms with Crippen LogP contribution >= 0.6 is 11.3 Å². The van der Waals surface area contributed by atoms with Crippen molar-refractivity contribution in [2.75, 3.05) is 56.6 Å². The number of esters is 1. The Labute approximate surface area is 225 Å². The number of piperazine rings is 1. The summed E-state index contributed by atoms with van der Waals surface area (Å²) in [6.07, 6.45) is 5.08. The zero-order chi connectivity index (χ0) is 26.6. The van der Waals surface area contributed by atoms with E-state index in [1.54, 1.807) is 35.5 Å². The Morgan fingerprint density at radius 2 is 1.79 bits per heavy atom. The molecule has 5 heterocycles. The summed E-state index contributed by atoms with van der Waals surface area (Å²) in [6, 6.07) is 7.55. The second kappa shape index (κ2) is 11.2. The van der Waals surface area contributed by atoms with Crippen molar-refractivity contribution in [3.05, 3.63) is 58.4 Å². The molecule has 11 nitrogen and oxygen atoms in total. The van der Waals surface area contributed by atoms with Gasteiger partial charge in [-0.3, -0.25) is 4.79 Å². The molecule has 2 fully saturated rings. The van der Waals surface area contributed by atoms with Crippen LogP contribution in [-0.2, 0) is 11.8 Å². The van der Waals surface area contributed by atoms with Gasteiger partial charge in [0.05, 0.1) is 17.8 Å². The number of amides is 3. The number of rotatable bonds is 5. The molecule has 1 N–H and O–H groups in total. The maximum Gasteiger partial charge on any atom is 0.354 e. The van der Waals surface area contributed by atoms with Crippen molar-refractivity contribution in [2.24, 2.45) is 7.05 Å². The van der Waals surface area contributed by atoms with Crippen molar-refractivity contribution in [3.8, 4) is 0 Å². The van der Waals surface area contributed by atoms with Crippen LogP contribution in [-0.4, -0.2) is 88.6 Å². The maximum atomic E-state index is 13.1. The Hall–Kier alpha value is -3.93. The van der Waals surface area contributed by atoms with E-state index < -0.39 is 5.97 Å². The Balaban J connectivity index is 1.11. The lowest BCUT2D eigenvalue weighted by Gasteiger charge is -2.39. The van der Waals surface area contributed by atoms with Crippen molar-refractivity contribution in [1.29, 1.82) is 0 Å². The average Bonchev–Trinajstić information content (AvgIpc) is 3.60. The Morgan fingerprint density at radius 3 is 2.47 bits per heavy atom. The summed E-state index contributed by atoms with van der Waals surface area (Å²) in [5, 5.41) is 5.47. The van der Waals surface area contributed by atoms with Crippen molar-refractivity contribution in [2.45, 2.75) is 18.8 Å². The highest BCUT2D eigenvalue weighted by atomic mass is 32.1. The van der Waals surface area contributed by atoms with Gasteiger partial charge in [0.15, 0.2) is 0 Å². The van der Waals surface area contributed by atoms with Gasteiger partial charge in [0.2, 0.25) is 0 Å². The first-order chi connectivity index (χ1) is 18.4. The highest BCUT2D eigenvalue weighted by molar-refractivity contribution is 7.10. The van der Waals surface area contributed by atoms with Crippen molar-refractivity contribution < 1.29 is 19.1 Å². The van der Waals surface area contributed by atoms with Crippen LogP contribution in [0.5, 0.6) is 0 Å². The monoisotopic (exact) mass is 537 g/mol. The zero-order valence-electron chi connectivity index (χ0n) is 21.5. The number of aromatic nitrogens is 3. The molecular weight excluding hydrogens is 506 g/mol. The lowest BCUT2D eigenvalue weighted by atomic mass is 9.98. The molecule has 0 aliphatic carbocycles. The predicted molar refractivity (Wildman–Crippen MR) is 144 cm³/mol. The standard InChI is InChI=1S/C26H31N7O4S/c1-30-16-19(15-21(30)25(35)37-2)28-23(34)20-17-38-24(29-20)18-6-9-32(10-7-18)26(36)33-13-11-31(12-14-33)22-5-3-4-8-27-22/h3-5,8,15-18H,6-7,9-14H2,1-2H3,(H,28,34). The number of methoxy groups -OCH3 is 1. The first-order valence-electron chi connectivity index (χ1n) is 12.6. The van der Waals surface area contributed by atoms with Gasteiger partial charge in [0, 0.05) is 70.0 Å². The van der Waals surface area contributed by atoms with Crippen LogP contribution in [0.1, 0.15) is 44.7 Å². The Kier molecular flexibility index (Phi) is 7.59. The van der Waals surface area contributed by atoms with Crippen molar-refractivity contribution in [1.82, 2.24) is 24.3 Å². The van der Waals surface area contributed by atoms with Crippen LogP contribution in [0.25, 0.3) is 0 Å². The number of ether oxygens (including phenoxy) is 1. The molecule has 2 aliphatic heterocycles. The molecule has 3 aromatic heterocycles. The van der Waals surface area contributed by atoms with Crippen LogP contribution in [0.4, 0.5) is 16.3 Å². The average molecular weight is 538 g/mol. The largest absolute Gasteiger partial charge is 0.464 e. The van der Waals surface area contributed by atoms with Gasteiger partial charge in [-0.15, -0.1) is 11.3 Å². The molecule has 3 amide bonds. The summed E-state index contributed by atoms with van der Waals surface area (Å²) in [6.45, 7) is 4.26. The van der Waals surface area contributed by atoms with Crippen LogP contribution in [0, 0.1) is 0 Å². The lowest BCUT2D eigenvalue weighted by molar-refractivity contribution is 0.0589. The zero-order valence-corrected chi connectivity index (χ0v) is 22.3. The summed E-state index contributed by atoms with van der Waals surface area (Å²) in [7, 11) is 3.03. The summed E-state index contributed by atoms with van der Waals surface area (Å²) in [5.41, 5.74) is 1.19. The predicted octanol–water partition coefficient (Wildman–Crippen LogP) is 3.04. The third-order valence-electron chi connectivity index (χ3n) is 7.05. The molecule has 0 unspecified atom stereocenters. The van der Waals surface area contributed by atoms with E-state index in [4.69, 9.17) is 4.74 Å². The van der Waals surface area contributed by atoms with E-state index in [1.165, 1.54) is 18.4 Å². The van der Waals surface area contributed by atoms with Crippen molar-refractivity contribution in [3.63, 3.8) is 0 Å². The number of aryl methyl sites for hydroxylation is 1. The number of hydrogen-bond donors (Lipinski definition) is 1. The number of nitrogens with zero attached hydrogens (tertiary/aromatic N) is 6. The van der Waals surface area contributed by atoms with E-state index in [0.717, 1.165) is 36.8 Å². The third kappa shape index (κ3) is 5.49. The molecule has 0 bridgehead atoms. The topological polar surface area (TPSA) is 113 Å². The number of piperidine rings is 1. The van der Waals surface area contributed by atoms with E-state index in [0.29, 0.717) is 43.3 Å². The summed E-state index contributed by atoms with van der Waals surface area (Å²) >= 11 is 1.47. The maximum absolute atomic E-state index is 13.1. The minimum absolute atomic E-state index is 0.0949. The molecule has 0 saturated carbocycles. The number of pyridine rings is 1. The van der Waals surface area contributed by atoms with E-state index >= 15 is 0 Å². The molecular formula is C26H31N7O4S. The molecule has 2 aliphatic rings. The number of hydrogen-bond acceptors (Lipinski definition) is 8. The van der Waals surface area contributed by atoms with Gasteiger partial charge < -0.3 is 29.3 Å². The van der Waals surface area contributed by atoms with E-state index in [-0.39, 0.29) is 17.9 Å². The Morgan fingerprint density at radius 1 is 1.05 bits per heavy atom. The van der Waals surface area contributed by atoms with Gasteiger partial charge in [0.1, 0.15) is 17.2 Å². The SMILES string of the molecule is COC(=O)c1cc(NC(=O)c2csc(C3CCN(C(=O)N4CCN(c5ccccn5)CC4)CC3)n2)cn1C. The minimum Gasteiger partial charge on any atom is -0.464 e. The number of likely N-dealkylation sites (tertiary alicyclic amines) is 1. The fourth-order valence-corrected chi connectivity index (χ4v) is 5.87. The second-order valence-electron chi connectivity index (χ2n) is 9.45. The van der Waals surface area contributed by atoms with Crippen LogP contribution in [0.15, 0.2) is 42.0 Å².